The molecule has 1 saturated heterocycles. The quantitative estimate of drug-likeness (QED) is 0.644. The largest absolute Gasteiger partial charge is 0.369 e. The van der Waals surface area contributed by atoms with Crippen LogP contribution >= 0.6 is 0 Å². The Balaban J connectivity index is 1.56. The van der Waals surface area contributed by atoms with Crippen molar-refractivity contribution in [1.82, 2.24) is 25.2 Å². The first-order valence-corrected chi connectivity index (χ1v) is 11.3. The lowest BCUT2D eigenvalue weighted by atomic mass is 10.0. The number of aryl methyl sites for hydroxylation is 3. The summed E-state index contributed by atoms with van der Waals surface area (Å²) in [4.78, 5) is 19.1. The van der Waals surface area contributed by atoms with E-state index >= 15 is 0 Å². The van der Waals surface area contributed by atoms with Crippen molar-refractivity contribution >= 4 is 11.6 Å². The molecule has 1 fully saturated rings. The van der Waals surface area contributed by atoms with Gasteiger partial charge in [-0.2, -0.15) is 9.90 Å². The first-order valence-electron chi connectivity index (χ1n) is 11.3. The Morgan fingerprint density at radius 2 is 1.70 bits per heavy atom. The molecule has 1 aliphatic rings. The predicted octanol–water partition coefficient (Wildman–Crippen LogP) is 3.57. The second kappa shape index (κ2) is 9.31. The lowest BCUT2D eigenvalue weighted by Crippen LogP contribution is -2.45. The molecular weight excluding hydrogens is 419 g/mol. The van der Waals surface area contributed by atoms with E-state index in [9.17, 15) is 9.18 Å². The number of amides is 1. The van der Waals surface area contributed by atoms with Gasteiger partial charge in [0.1, 0.15) is 5.82 Å². The number of likely N-dealkylation sites (N-methyl/N-ethyl adjacent to an activating group) is 1. The number of carbonyl (C=O) groups is 1. The van der Waals surface area contributed by atoms with Gasteiger partial charge in [0.15, 0.2) is 5.69 Å². The number of carbonyl (C=O) groups excluding carboxylic acids is 1. The minimum absolute atomic E-state index is 0.263. The van der Waals surface area contributed by atoms with Crippen molar-refractivity contribution in [2.75, 3.05) is 38.1 Å². The highest BCUT2D eigenvalue weighted by molar-refractivity contribution is 5.93. The summed E-state index contributed by atoms with van der Waals surface area (Å²) in [6.45, 7) is 11.3. The van der Waals surface area contributed by atoms with Crippen LogP contribution in [0.1, 0.15) is 45.8 Å². The Bertz CT molecular complexity index is 1170. The summed E-state index contributed by atoms with van der Waals surface area (Å²) >= 11 is 0. The van der Waals surface area contributed by atoms with Crippen LogP contribution in [0.2, 0.25) is 0 Å². The first-order chi connectivity index (χ1) is 15.7. The number of piperazine rings is 1. The fraction of sp³-hybridized carbons (Fsp3) is 0.400. The number of nitrogens with one attached hydrogen (secondary N) is 1. The molecule has 1 amide bonds. The van der Waals surface area contributed by atoms with E-state index in [1.165, 1.54) is 16.9 Å². The van der Waals surface area contributed by atoms with E-state index in [1.807, 2.05) is 32.9 Å². The lowest BCUT2D eigenvalue weighted by Gasteiger charge is -2.36. The van der Waals surface area contributed by atoms with Crippen LogP contribution in [-0.4, -0.2) is 59.0 Å². The van der Waals surface area contributed by atoms with Gasteiger partial charge < -0.3 is 15.1 Å². The van der Waals surface area contributed by atoms with Gasteiger partial charge in [0, 0.05) is 37.4 Å². The SMILES string of the molecule is Cc1ccc(-n2nc(C)c(C(=O)NC(C)c3cc(F)ccc3N3CCN(C)CC3)n2)c(C)c1. The van der Waals surface area contributed by atoms with Gasteiger partial charge in [-0.25, -0.2) is 4.39 Å². The highest BCUT2D eigenvalue weighted by Crippen LogP contribution is 2.28. The maximum Gasteiger partial charge on any atom is 0.274 e. The summed E-state index contributed by atoms with van der Waals surface area (Å²) in [6, 6.07) is 10.4. The van der Waals surface area contributed by atoms with Crippen molar-refractivity contribution in [3.05, 3.63) is 70.3 Å². The molecule has 4 rings (SSSR count). The zero-order valence-electron chi connectivity index (χ0n) is 19.9. The molecule has 0 aliphatic carbocycles. The zero-order valence-corrected chi connectivity index (χ0v) is 19.9. The Morgan fingerprint density at radius 1 is 1.00 bits per heavy atom. The minimum Gasteiger partial charge on any atom is -0.369 e. The van der Waals surface area contributed by atoms with Crippen LogP contribution < -0.4 is 10.2 Å². The van der Waals surface area contributed by atoms with Gasteiger partial charge in [-0.05, 0) is 64.6 Å². The van der Waals surface area contributed by atoms with Crippen LogP contribution in [0.15, 0.2) is 36.4 Å². The van der Waals surface area contributed by atoms with Crippen molar-refractivity contribution in [3.8, 4) is 5.69 Å². The number of hydrogen-bond acceptors (Lipinski definition) is 5. The first kappa shape index (κ1) is 22.9. The van der Waals surface area contributed by atoms with E-state index in [-0.39, 0.29) is 17.4 Å². The fourth-order valence-corrected chi connectivity index (χ4v) is 4.28. The molecule has 1 aliphatic heterocycles. The average Bonchev–Trinajstić information content (AvgIpc) is 3.15. The number of benzene rings is 2. The van der Waals surface area contributed by atoms with Crippen LogP contribution in [0.3, 0.4) is 0 Å². The number of nitrogens with zero attached hydrogens (tertiary/aromatic N) is 5. The molecule has 1 aromatic heterocycles. The number of aromatic nitrogens is 3. The molecule has 2 heterocycles. The molecular formula is C25H31FN6O. The van der Waals surface area contributed by atoms with Gasteiger partial charge >= 0.3 is 0 Å². The summed E-state index contributed by atoms with van der Waals surface area (Å²) in [7, 11) is 2.10. The molecule has 174 valence electrons. The van der Waals surface area contributed by atoms with E-state index in [4.69, 9.17) is 0 Å². The van der Waals surface area contributed by atoms with E-state index < -0.39 is 6.04 Å². The van der Waals surface area contributed by atoms with Crippen molar-refractivity contribution in [1.29, 1.82) is 0 Å². The Morgan fingerprint density at radius 3 is 2.39 bits per heavy atom. The number of anilines is 1. The maximum absolute atomic E-state index is 14.2. The molecule has 1 atom stereocenters. The van der Waals surface area contributed by atoms with E-state index in [0.717, 1.165) is 54.2 Å². The summed E-state index contributed by atoms with van der Waals surface area (Å²) < 4.78 is 14.2. The van der Waals surface area contributed by atoms with Gasteiger partial charge in [-0.15, -0.1) is 5.10 Å². The molecule has 33 heavy (non-hydrogen) atoms. The second-order valence-corrected chi connectivity index (χ2v) is 8.90. The van der Waals surface area contributed by atoms with Crippen molar-refractivity contribution in [3.63, 3.8) is 0 Å². The molecule has 3 aromatic rings. The van der Waals surface area contributed by atoms with Crippen molar-refractivity contribution in [2.45, 2.75) is 33.7 Å². The zero-order chi connectivity index (χ0) is 23.7. The highest BCUT2D eigenvalue weighted by atomic mass is 19.1. The Labute approximate surface area is 194 Å². The standard InChI is InChI=1S/C25H31FN6O/c1-16-6-8-22(17(2)14-16)32-28-19(4)24(29-32)25(33)27-18(3)21-15-20(26)7-9-23(21)31-12-10-30(5)11-13-31/h6-9,14-15,18H,10-13H2,1-5H3,(H,27,33). The van der Waals surface area contributed by atoms with Crippen LogP contribution in [0, 0.1) is 26.6 Å². The molecule has 1 unspecified atom stereocenters. The van der Waals surface area contributed by atoms with Gasteiger partial charge in [0.05, 0.1) is 17.4 Å². The van der Waals surface area contributed by atoms with E-state index in [1.54, 1.807) is 13.0 Å². The number of rotatable bonds is 5. The third-order valence-corrected chi connectivity index (χ3v) is 6.21. The highest BCUT2D eigenvalue weighted by Gasteiger charge is 2.24. The van der Waals surface area contributed by atoms with Crippen LogP contribution in [-0.2, 0) is 0 Å². The van der Waals surface area contributed by atoms with Gasteiger partial charge in [-0.3, -0.25) is 4.79 Å². The van der Waals surface area contributed by atoms with E-state index in [0.29, 0.717) is 5.69 Å². The van der Waals surface area contributed by atoms with Crippen LogP contribution in [0.5, 0.6) is 0 Å². The fourth-order valence-electron chi connectivity index (χ4n) is 4.28. The monoisotopic (exact) mass is 450 g/mol. The summed E-state index contributed by atoms with van der Waals surface area (Å²) in [5.74, 6) is -0.648. The molecule has 2 aromatic carbocycles. The maximum atomic E-state index is 14.2. The topological polar surface area (TPSA) is 66.3 Å². The van der Waals surface area contributed by atoms with Gasteiger partial charge in [0.25, 0.3) is 5.91 Å². The number of halogens is 1. The molecule has 0 saturated carbocycles. The molecule has 0 bridgehead atoms. The smallest absolute Gasteiger partial charge is 0.274 e. The molecule has 0 radical (unpaired) electrons. The average molecular weight is 451 g/mol. The molecule has 7 nitrogen and oxygen atoms in total. The predicted molar refractivity (Wildman–Crippen MR) is 128 cm³/mol. The normalized spacial score (nSPS) is 15.5. The van der Waals surface area contributed by atoms with Crippen LogP contribution in [0.25, 0.3) is 5.69 Å². The summed E-state index contributed by atoms with van der Waals surface area (Å²) in [5.41, 5.74) is 5.52. The van der Waals surface area contributed by atoms with Gasteiger partial charge in [-0.1, -0.05) is 17.7 Å². The Hall–Kier alpha value is -3.26. The molecule has 8 heteroatoms. The molecule has 1 N–H and O–H groups in total. The van der Waals surface area contributed by atoms with Gasteiger partial charge in [0.2, 0.25) is 0 Å². The van der Waals surface area contributed by atoms with Crippen molar-refractivity contribution < 1.29 is 9.18 Å². The Kier molecular flexibility index (Phi) is 6.47. The summed E-state index contributed by atoms with van der Waals surface area (Å²) in [6.07, 6.45) is 0. The molecule has 0 spiro atoms. The van der Waals surface area contributed by atoms with E-state index in [2.05, 4.69) is 38.4 Å². The lowest BCUT2D eigenvalue weighted by molar-refractivity contribution is 0.0933. The van der Waals surface area contributed by atoms with Crippen molar-refractivity contribution in [2.24, 2.45) is 0 Å². The minimum atomic E-state index is -0.395. The van der Waals surface area contributed by atoms with Crippen LogP contribution in [0.4, 0.5) is 10.1 Å². The third kappa shape index (κ3) is 4.90. The summed E-state index contributed by atoms with van der Waals surface area (Å²) in [5, 5.41) is 11.9. The third-order valence-electron chi connectivity index (χ3n) is 6.21. The number of hydrogen-bond donors (Lipinski definition) is 1. The second-order valence-electron chi connectivity index (χ2n) is 8.90.